The molecule has 0 saturated heterocycles. The van der Waals surface area contributed by atoms with E-state index in [2.05, 4.69) is 0 Å². The molecule has 484 valence electrons. The number of benzene rings is 7. The van der Waals surface area contributed by atoms with Crippen molar-refractivity contribution < 1.29 is 95.5 Å². The number of rotatable bonds is 21. The SMILES string of the molecule is COC(=O)c1cc(C)c(OC(=O)c2c3ccccc3[n+](CCCS(=O)(=O)O)c3ccc(OC(C)C)cc23)c(C)c1.COC(=O)c1cc(C)c(OC(=O)c2c3ccccc3[n+](CCCS(=O)(=O)OC(c3ccc(C)cc3)C(F)(F)F)c3ccc(OC(C)C)cc23)c(C)c1. The third-order valence-electron chi connectivity index (χ3n) is 14.8. The molecule has 2 aromatic heterocycles. The first-order valence-electron chi connectivity index (χ1n) is 29.3. The highest BCUT2D eigenvalue weighted by molar-refractivity contribution is 7.86. The quantitative estimate of drug-likeness (QED) is 0.0176. The molecule has 0 radical (unpaired) electrons. The van der Waals surface area contributed by atoms with E-state index in [1.54, 1.807) is 124 Å². The van der Waals surface area contributed by atoms with Gasteiger partial charge in [0.2, 0.25) is 22.1 Å². The van der Waals surface area contributed by atoms with Crippen LogP contribution in [0.3, 0.4) is 0 Å². The molecule has 0 saturated carbocycles. The Bertz CT molecular complexity index is 4510. The largest absolute Gasteiger partial charge is 0.491 e. The van der Waals surface area contributed by atoms with Gasteiger partial charge in [-0.2, -0.15) is 39.1 Å². The van der Waals surface area contributed by atoms with E-state index in [0.29, 0.717) is 105 Å². The van der Waals surface area contributed by atoms with Crippen molar-refractivity contribution in [1.29, 1.82) is 0 Å². The Balaban J connectivity index is 0.000000245. The molecule has 0 aliphatic heterocycles. The highest BCUT2D eigenvalue weighted by Crippen LogP contribution is 2.39. The smallest absolute Gasteiger partial charge is 0.420 e. The van der Waals surface area contributed by atoms with E-state index >= 15 is 0 Å². The number of alkyl halides is 3. The number of carbonyl (C=O) groups excluding carboxylic acids is 4. The minimum Gasteiger partial charge on any atom is -0.491 e. The highest BCUT2D eigenvalue weighted by atomic mass is 32.2. The van der Waals surface area contributed by atoms with Crippen LogP contribution in [0.2, 0.25) is 0 Å². The molecule has 0 bridgehead atoms. The summed E-state index contributed by atoms with van der Waals surface area (Å²) < 4.78 is 142. The fraction of sp³-hybridized carbons (Fsp3) is 0.304. The van der Waals surface area contributed by atoms with Crippen LogP contribution in [0.4, 0.5) is 13.2 Å². The first kappa shape index (κ1) is 68.9. The van der Waals surface area contributed by atoms with E-state index in [0.717, 1.165) is 0 Å². The number of nitrogens with zero attached hydrogens (tertiary/aromatic N) is 2. The summed E-state index contributed by atoms with van der Waals surface area (Å²) in [5.41, 5.74) is 6.32. The van der Waals surface area contributed by atoms with E-state index in [1.807, 2.05) is 56.5 Å². The predicted molar refractivity (Wildman–Crippen MR) is 340 cm³/mol. The number of hydrogen-bond acceptors (Lipinski definition) is 15. The minimum atomic E-state index is -4.97. The van der Waals surface area contributed by atoms with Crippen molar-refractivity contribution in [3.05, 3.63) is 189 Å². The Hall–Kier alpha value is -9.03. The number of esters is 4. The van der Waals surface area contributed by atoms with Gasteiger partial charge in [0.1, 0.15) is 23.0 Å². The van der Waals surface area contributed by atoms with Gasteiger partial charge in [0.15, 0.2) is 19.2 Å². The lowest BCUT2D eigenvalue weighted by molar-refractivity contribution is -0.645. The summed E-state index contributed by atoms with van der Waals surface area (Å²) in [5.74, 6) is -1.74. The number of hydrogen-bond donors (Lipinski definition) is 1. The van der Waals surface area contributed by atoms with Crippen molar-refractivity contribution in [1.82, 2.24) is 0 Å². The number of pyridine rings is 2. The second-order valence-electron chi connectivity index (χ2n) is 22.6. The number of carbonyl (C=O) groups is 4. The van der Waals surface area contributed by atoms with Crippen molar-refractivity contribution in [2.24, 2.45) is 0 Å². The summed E-state index contributed by atoms with van der Waals surface area (Å²) in [6, 6.07) is 36.5. The molecule has 1 N–H and O–H groups in total. The average molecular weight is 1310 g/mol. The minimum absolute atomic E-state index is 0.0493. The summed E-state index contributed by atoms with van der Waals surface area (Å²) >= 11 is 0. The van der Waals surface area contributed by atoms with Crippen molar-refractivity contribution in [3.63, 3.8) is 0 Å². The molecule has 9 aromatic rings. The van der Waals surface area contributed by atoms with Crippen molar-refractivity contribution >= 4 is 87.7 Å². The molecule has 92 heavy (non-hydrogen) atoms. The van der Waals surface area contributed by atoms with Gasteiger partial charge < -0.3 is 28.4 Å². The number of halogens is 3. The number of aryl methyl sites for hydroxylation is 7. The fourth-order valence-corrected chi connectivity index (χ4v) is 12.5. The number of fused-ring (bicyclic) bond motifs is 4. The summed E-state index contributed by atoms with van der Waals surface area (Å²) in [4.78, 5) is 52.3. The van der Waals surface area contributed by atoms with Gasteiger partial charge in [-0.15, -0.1) is 0 Å². The van der Waals surface area contributed by atoms with Gasteiger partial charge in [-0.05, 0) is 151 Å². The molecule has 2 heterocycles. The van der Waals surface area contributed by atoms with Crippen LogP contribution >= 0.6 is 0 Å². The Kier molecular flexibility index (Phi) is 21.4. The zero-order chi connectivity index (χ0) is 67.1. The maximum absolute atomic E-state index is 14.2. The molecule has 7 aromatic carbocycles. The number of para-hydroxylation sites is 2. The highest BCUT2D eigenvalue weighted by Gasteiger charge is 2.45. The fourth-order valence-electron chi connectivity index (χ4n) is 10.9. The van der Waals surface area contributed by atoms with Crippen molar-refractivity contribution in [2.45, 2.75) is 113 Å². The normalized spacial score (nSPS) is 12.2. The lowest BCUT2D eigenvalue weighted by Crippen LogP contribution is -2.38. The molecule has 0 aliphatic carbocycles. The van der Waals surface area contributed by atoms with Crippen LogP contribution in [0.15, 0.2) is 133 Å². The lowest BCUT2D eigenvalue weighted by Gasteiger charge is -2.21. The first-order valence-corrected chi connectivity index (χ1v) is 32.5. The molecular formula is C69H71F3N2O16S2+2. The van der Waals surface area contributed by atoms with E-state index in [4.69, 9.17) is 32.6 Å². The van der Waals surface area contributed by atoms with Gasteiger partial charge in [0.05, 0.1) is 81.7 Å². The second kappa shape index (κ2) is 28.6. The summed E-state index contributed by atoms with van der Waals surface area (Å²) in [7, 11) is -6.20. The zero-order valence-electron chi connectivity index (χ0n) is 52.6. The van der Waals surface area contributed by atoms with E-state index in [9.17, 15) is 53.7 Å². The van der Waals surface area contributed by atoms with Crippen LogP contribution in [0, 0.1) is 34.6 Å². The number of methoxy groups -OCH3 is 2. The molecule has 0 fully saturated rings. The Morgan fingerprint density at radius 3 is 1.25 bits per heavy atom. The molecular weight excluding hydrogens is 1230 g/mol. The van der Waals surface area contributed by atoms with Crippen LogP contribution < -0.4 is 28.1 Å². The molecule has 0 amide bonds. The van der Waals surface area contributed by atoms with Gasteiger partial charge in [-0.1, -0.05) is 54.1 Å². The van der Waals surface area contributed by atoms with Crippen molar-refractivity contribution in [3.8, 4) is 23.0 Å². The van der Waals surface area contributed by atoms with Gasteiger partial charge in [0, 0.05) is 37.1 Å². The van der Waals surface area contributed by atoms with Crippen LogP contribution in [-0.2, 0) is 47.0 Å². The summed E-state index contributed by atoms with van der Waals surface area (Å²) in [6.45, 7) is 16.5. The Labute approximate surface area is 531 Å². The second-order valence-corrected chi connectivity index (χ2v) is 25.9. The van der Waals surface area contributed by atoms with Gasteiger partial charge in [-0.25, -0.2) is 19.2 Å². The van der Waals surface area contributed by atoms with Gasteiger partial charge in [-0.3, -0.25) is 8.74 Å². The third-order valence-corrected chi connectivity index (χ3v) is 16.8. The Morgan fingerprint density at radius 2 is 0.880 bits per heavy atom. The van der Waals surface area contributed by atoms with E-state index in [-0.39, 0.29) is 55.0 Å². The van der Waals surface area contributed by atoms with Crippen LogP contribution in [0.25, 0.3) is 43.6 Å². The van der Waals surface area contributed by atoms with Crippen LogP contribution in [-0.4, -0.2) is 89.4 Å². The van der Waals surface area contributed by atoms with Crippen LogP contribution in [0.1, 0.15) is 121 Å². The summed E-state index contributed by atoms with van der Waals surface area (Å²) in [6.07, 6.45) is -7.85. The molecule has 0 aliphatic rings. The molecule has 9 rings (SSSR count). The Morgan fingerprint density at radius 1 is 0.500 bits per heavy atom. The monoisotopic (exact) mass is 1300 g/mol. The molecule has 1 atom stereocenters. The standard InChI is InChI=1S/C39H39F3NO8S.C30H31NO8S/c1-23(2)49-29-16-17-33-31(22-29)34(38(45)50-35-25(4)20-28(21-26(35)5)37(44)48-6)30-10-7-8-11-32(30)43(33)18-9-19-52(46,47)51-36(39(40,41)42)27-14-12-24(3)13-15-27;1-18(2)38-22-11-12-26-24(17-22)27(23-9-6-7-10-25(23)31(26)13-8-14-40(34,35)36)30(33)39-28-19(3)15-21(16-20(28)4)29(32)37-5/h7-8,10-17,20-23,36H,9,18-19H2,1-6H3;6-7,9-12,15-18H,8,13-14H2,1-5H3/q+1;/p+1. The van der Waals surface area contributed by atoms with Crippen molar-refractivity contribution in [2.75, 3.05) is 25.7 Å². The topological polar surface area (TPSA) is 229 Å². The molecule has 23 heteroatoms. The number of ether oxygens (including phenoxy) is 6. The third kappa shape index (κ3) is 16.3. The first-order chi connectivity index (χ1) is 43.4. The van der Waals surface area contributed by atoms with Gasteiger partial charge >= 0.3 is 30.1 Å². The molecule has 0 spiro atoms. The molecule has 1 unspecified atom stereocenters. The maximum atomic E-state index is 14.2. The molecule has 18 nitrogen and oxygen atoms in total. The van der Waals surface area contributed by atoms with Gasteiger partial charge in [0.25, 0.3) is 20.2 Å². The lowest BCUT2D eigenvalue weighted by atomic mass is 10.0. The van der Waals surface area contributed by atoms with E-state index < -0.39 is 67.9 Å². The van der Waals surface area contributed by atoms with E-state index in [1.165, 1.54) is 38.5 Å². The van der Waals surface area contributed by atoms with Crippen LogP contribution in [0.5, 0.6) is 23.0 Å². The predicted octanol–water partition coefficient (Wildman–Crippen LogP) is 13.0. The zero-order valence-corrected chi connectivity index (χ0v) is 54.2. The number of aromatic nitrogens is 2. The summed E-state index contributed by atoms with van der Waals surface area (Å²) in [5, 5.41) is 2.10. The average Bonchev–Trinajstić information content (AvgIpc) is 0.751. The maximum Gasteiger partial charge on any atom is 0.420 e.